The zero-order chi connectivity index (χ0) is 35.3. The van der Waals surface area contributed by atoms with E-state index in [0.717, 1.165) is 37.5 Å². The monoisotopic (exact) mass is 698 g/mol. The van der Waals surface area contributed by atoms with Crippen molar-refractivity contribution >= 4 is 45.3 Å². The summed E-state index contributed by atoms with van der Waals surface area (Å²) in [7, 11) is -3.53. The molecule has 2 atom stereocenters. The van der Waals surface area contributed by atoms with Crippen LogP contribution in [0.1, 0.15) is 63.5 Å². The molecule has 0 bridgehead atoms. The van der Waals surface area contributed by atoms with Gasteiger partial charge in [-0.15, -0.1) is 0 Å². The number of β-lactam (4-membered cyclic amide) rings is 1. The van der Waals surface area contributed by atoms with Crippen molar-refractivity contribution in [1.82, 2.24) is 15.5 Å². The van der Waals surface area contributed by atoms with Gasteiger partial charge in [-0.25, -0.2) is 13.2 Å². The Balaban J connectivity index is 1.30. The third-order valence-electron chi connectivity index (χ3n) is 9.47. The lowest BCUT2D eigenvalue weighted by Gasteiger charge is -2.58. The molecule has 2 saturated heterocycles. The van der Waals surface area contributed by atoms with Crippen LogP contribution in [-0.4, -0.2) is 92.9 Å². The largest absolute Gasteiger partial charge is 0.484 e. The molecule has 3 fully saturated rings. The van der Waals surface area contributed by atoms with Gasteiger partial charge in [0.25, 0.3) is 5.91 Å². The van der Waals surface area contributed by atoms with Crippen molar-refractivity contribution < 1.29 is 47.0 Å². The molecular formula is C34H42N4O10S. The van der Waals surface area contributed by atoms with Gasteiger partial charge >= 0.3 is 12.1 Å². The summed E-state index contributed by atoms with van der Waals surface area (Å²) in [6.07, 6.45) is 5.53. The van der Waals surface area contributed by atoms with Gasteiger partial charge < -0.3 is 35.0 Å². The third kappa shape index (κ3) is 7.98. The molecule has 2 heterocycles. The average Bonchev–Trinajstić information content (AvgIpc) is 3.60. The Morgan fingerprint density at radius 2 is 1.71 bits per heavy atom. The number of anilines is 1. The number of carbonyl (C=O) groups is 5. The van der Waals surface area contributed by atoms with Crippen molar-refractivity contribution in [1.29, 1.82) is 0 Å². The highest BCUT2D eigenvalue weighted by molar-refractivity contribution is 7.90. The maximum atomic E-state index is 14.0. The van der Waals surface area contributed by atoms with Gasteiger partial charge in [-0.3, -0.25) is 19.2 Å². The van der Waals surface area contributed by atoms with Crippen LogP contribution < -0.4 is 20.3 Å². The van der Waals surface area contributed by atoms with E-state index in [-0.39, 0.29) is 29.4 Å². The normalized spacial score (nSPS) is 19.6. The minimum Gasteiger partial charge on any atom is -0.484 e. The fourth-order valence-corrected chi connectivity index (χ4v) is 7.48. The first-order chi connectivity index (χ1) is 23.3. The molecule has 4 amide bonds. The molecule has 2 aromatic carbocycles. The van der Waals surface area contributed by atoms with Crippen molar-refractivity contribution in [3.05, 3.63) is 54.1 Å². The van der Waals surface area contributed by atoms with Crippen LogP contribution in [0, 0.1) is 5.41 Å². The van der Waals surface area contributed by atoms with Gasteiger partial charge in [-0.05, 0) is 80.8 Å². The number of carbonyl (C=O) groups excluding carboxylic acids is 4. The lowest BCUT2D eigenvalue weighted by Crippen LogP contribution is -2.67. The number of sulfone groups is 1. The number of benzene rings is 2. The molecule has 1 spiro atoms. The van der Waals surface area contributed by atoms with Gasteiger partial charge in [0, 0.05) is 25.0 Å². The summed E-state index contributed by atoms with van der Waals surface area (Å²) >= 11 is 0. The van der Waals surface area contributed by atoms with Gasteiger partial charge in [0.1, 0.15) is 24.4 Å². The fraction of sp³-hybridized carbons (Fsp3) is 0.500. The lowest BCUT2D eigenvalue weighted by atomic mass is 9.62. The van der Waals surface area contributed by atoms with Gasteiger partial charge in [-0.2, -0.15) is 0 Å². The lowest BCUT2D eigenvalue weighted by molar-refractivity contribution is -0.144. The molecule has 1 aliphatic carbocycles. The van der Waals surface area contributed by atoms with Crippen LogP contribution >= 0.6 is 0 Å². The molecule has 2 unspecified atom stereocenters. The zero-order valence-electron chi connectivity index (χ0n) is 27.6. The van der Waals surface area contributed by atoms with E-state index in [2.05, 4.69) is 10.6 Å². The summed E-state index contributed by atoms with van der Waals surface area (Å²) < 4.78 is 36.0. The number of hydrogen-bond acceptors (Lipinski definition) is 9. The molecule has 3 aliphatic rings. The molecule has 0 radical (unpaired) electrons. The first-order valence-corrected chi connectivity index (χ1v) is 18.3. The molecule has 1 saturated carbocycles. The predicted octanol–water partition coefficient (Wildman–Crippen LogP) is 2.81. The summed E-state index contributed by atoms with van der Waals surface area (Å²) in [5.41, 5.74) is 0.384. The van der Waals surface area contributed by atoms with Crippen molar-refractivity contribution in [3.8, 4) is 5.75 Å². The standard InChI is InChI=1S/C34H42N4O10S/c1-3-27(31(42)35-20-29(40)41)36-28(39)21-47-24-13-11-22(12-14-24)30-34(15-17-37(18-16-34)33(44)48-25-8-4-5-9-25)32(43)38(30)23-7-6-10-26(19-23)49(2,45)46/h6-7,10-14,19,25,27,30H,3-5,8-9,15-18,20-21H2,1-2H3,(H,35,42)(H,36,39)(H,40,41). The molecular weight excluding hydrogens is 656 g/mol. The Kier molecular flexibility index (Phi) is 10.8. The Morgan fingerprint density at radius 1 is 1.04 bits per heavy atom. The number of piperidine rings is 1. The van der Waals surface area contributed by atoms with Crippen LogP contribution in [0.3, 0.4) is 0 Å². The molecule has 0 aromatic heterocycles. The number of nitrogens with one attached hydrogen (secondary N) is 2. The van der Waals surface area contributed by atoms with E-state index in [1.54, 1.807) is 53.1 Å². The van der Waals surface area contributed by atoms with E-state index in [1.165, 1.54) is 12.1 Å². The van der Waals surface area contributed by atoms with Crippen LogP contribution in [-0.2, 0) is 33.8 Å². The minimum absolute atomic E-state index is 0.0673. The second-order valence-corrected chi connectivity index (χ2v) is 14.8. The second kappa shape index (κ2) is 14.8. The van der Waals surface area contributed by atoms with Gasteiger partial charge in [0.05, 0.1) is 16.4 Å². The van der Waals surface area contributed by atoms with Gasteiger partial charge in [-0.1, -0.05) is 25.1 Å². The molecule has 264 valence electrons. The Labute approximate surface area is 285 Å². The maximum Gasteiger partial charge on any atom is 0.410 e. The molecule has 14 nitrogen and oxygen atoms in total. The van der Waals surface area contributed by atoms with Crippen LogP contribution in [0.5, 0.6) is 5.75 Å². The highest BCUT2D eigenvalue weighted by Crippen LogP contribution is 2.57. The van der Waals surface area contributed by atoms with Crippen molar-refractivity contribution in [2.45, 2.75) is 75.0 Å². The summed E-state index contributed by atoms with van der Waals surface area (Å²) in [4.78, 5) is 65.7. The summed E-state index contributed by atoms with van der Waals surface area (Å²) in [5, 5.41) is 13.5. The quantitative estimate of drug-likeness (QED) is 0.278. The molecule has 15 heteroatoms. The number of ether oxygens (including phenoxy) is 2. The summed E-state index contributed by atoms with van der Waals surface area (Å²) in [6.45, 7) is 1.40. The van der Waals surface area contributed by atoms with E-state index >= 15 is 0 Å². The van der Waals surface area contributed by atoms with Crippen LogP contribution in [0.2, 0.25) is 0 Å². The van der Waals surface area contributed by atoms with Crippen molar-refractivity contribution in [3.63, 3.8) is 0 Å². The molecule has 5 rings (SSSR count). The third-order valence-corrected chi connectivity index (χ3v) is 10.6. The van der Waals surface area contributed by atoms with Gasteiger partial charge in [0.15, 0.2) is 16.4 Å². The first-order valence-electron chi connectivity index (χ1n) is 16.4. The highest BCUT2D eigenvalue weighted by Gasteiger charge is 2.62. The van der Waals surface area contributed by atoms with E-state index in [9.17, 15) is 32.4 Å². The van der Waals surface area contributed by atoms with Crippen LogP contribution in [0.25, 0.3) is 0 Å². The van der Waals surface area contributed by atoms with E-state index < -0.39 is 58.3 Å². The Bertz CT molecular complexity index is 1680. The molecule has 49 heavy (non-hydrogen) atoms. The van der Waals surface area contributed by atoms with E-state index in [0.29, 0.717) is 37.4 Å². The number of nitrogens with zero attached hydrogens (tertiary/aromatic N) is 2. The van der Waals surface area contributed by atoms with Crippen LogP contribution in [0.4, 0.5) is 10.5 Å². The summed E-state index contributed by atoms with van der Waals surface area (Å²) in [5.74, 6) is -2.18. The second-order valence-electron chi connectivity index (χ2n) is 12.8. The maximum absolute atomic E-state index is 14.0. The number of rotatable bonds is 12. The zero-order valence-corrected chi connectivity index (χ0v) is 28.4. The van der Waals surface area contributed by atoms with Crippen LogP contribution in [0.15, 0.2) is 53.4 Å². The number of carboxylic acids is 1. The molecule has 2 aliphatic heterocycles. The number of hydrogen-bond donors (Lipinski definition) is 3. The Morgan fingerprint density at radius 3 is 2.33 bits per heavy atom. The van der Waals surface area contributed by atoms with Crippen molar-refractivity contribution in [2.24, 2.45) is 5.41 Å². The molecule has 2 aromatic rings. The van der Waals surface area contributed by atoms with Crippen molar-refractivity contribution in [2.75, 3.05) is 37.4 Å². The number of aliphatic carboxylic acids is 1. The number of amides is 4. The molecule has 3 N–H and O–H groups in total. The highest BCUT2D eigenvalue weighted by atomic mass is 32.2. The number of likely N-dealkylation sites (tertiary alicyclic amines) is 1. The summed E-state index contributed by atoms with van der Waals surface area (Å²) in [6, 6.07) is 11.8. The van der Waals surface area contributed by atoms with Gasteiger partial charge in [0.2, 0.25) is 11.8 Å². The Hall–Kier alpha value is -4.66. The fourth-order valence-electron chi connectivity index (χ4n) is 6.82. The minimum atomic E-state index is -3.53. The predicted molar refractivity (Wildman–Crippen MR) is 177 cm³/mol. The first kappa shape index (κ1) is 35.6. The topological polar surface area (TPSA) is 189 Å². The smallest absolute Gasteiger partial charge is 0.410 e. The van der Waals surface area contributed by atoms with E-state index in [1.807, 2.05) is 0 Å². The average molecular weight is 699 g/mol. The SMILES string of the molecule is CCC(NC(=O)COc1ccc(C2N(c3cccc(S(C)(=O)=O)c3)C(=O)C23CCN(C(=O)OC2CCCC2)CC3)cc1)C(=O)NCC(=O)O. The number of carboxylic acid groups (broad SMARTS) is 1. The van der Waals surface area contributed by atoms with E-state index in [4.69, 9.17) is 14.6 Å².